The lowest BCUT2D eigenvalue weighted by atomic mass is 9.98. The summed E-state index contributed by atoms with van der Waals surface area (Å²) in [5.74, 6) is 1.000. The third kappa shape index (κ3) is 5.12. The van der Waals surface area contributed by atoms with Crippen LogP contribution in [0.2, 0.25) is 0 Å². The first-order valence-electron chi connectivity index (χ1n) is 7.82. The van der Waals surface area contributed by atoms with E-state index in [2.05, 4.69) is 16.9 Å². The fourth-order valence-corrected chi connectivity index (χ4v) is 3.01. The average molecular weight is 328 g/mol. The zero-order chi connectivity index (χ0) is 16.5. The van der Waals surface area contributed by atoms with Gasteiger partial charge < -0.3 is 10.6 Å². The van der Waals surface area contributed by atoms with Crippen LogP contribution in [-0.4, -0.2) is 31.0 Å². The molecule has 0 spiro atoms. The van der Waals surface area contributed by atoms with Crippen molar-refractivity contribution >= 4 is 17.7 Å². The van der Waals surface area contributed by atoms with Crippen LogP contribution in [0.3, 0.4) is 0 Å². The summed E-state index contributed by atoms with van der Waals surface area (Å²) in [7, 11) is 1.84. The number of hydrogen-bond donors (Lipinski definition) is 2. The van der Waals surface area contributed by atoms with Crippen LogP contribution in [-0.2, 0) is 4.79 Å². The zero-order valence-corrected chi connectivity index (χ0v) is 14.5. The molecule has 1 amide bonds. The van der Waals surface area contributed by atoms with Gasteiger partial charge in [-0.25, -0.2) is 0 Å². The van der Waals surface area contributed by atoms with Crippen LogP contribution in [0.1, 0.15) is 23.6 Å². The summed E-state index contributed by atoms with van der Waals surface area (Å²) < 4.78 is 0. The predicted octanol–water partition coefficient (Wildman–Crippen LogP) is 3.23. The molecule has 23 heavy (non-hydrogen) atoms. The summed E-state index contributed by atoms with van der Waals surface area (Å²) in [6, 6.07) is 19.9. The lowest BCUT2D eigenvalue weighted by Crippen LogP contribution is -2.44. The van der Waals surface area contributed by atoms with Gasteiger partial charge in [-0.3, -0.25) is 4.79 Å². The van der Waals surface area contributed by atoms with E-state index < -0.39 is 0 Å². The predicted molar refractivity (Wildman–Crippen MR) is 98.7 cm³/mol. The van der Waals surface area contributed by atoms with Crippen molar-refractivity contribution in [2.75, 3.05) is 19.1 Å². The Morgan fingerprint density at radius 1 is 1.00 bits per heavy atom. The number of nitrogens with one attached hydrogen (secondary N) is 2. The van der Waals surface area contributed by atoms with E-state index in [-0.39, 0.29) is 18.0 Å². The molecule has 0 aliphatic carbocycles. The van der Waals surface area contributed by atoms with Crippen LogP contribution in [0, 0.1) is 0 Å². The molecule has 1 atom stereocenters. The molecular weight excluding hydrogens is 304 g/mol. The van der Waals surface area contributed by atoms with Crippen molar-refractivity contribution in [1.82, 2.24) is 10.6 Å². The van der Waals surface area contributed by atoms with Gasteiger partial charge in [0.2, 0.25) is 5.91 Å². The van der Waals surface area contributed by atoms with Gasteiger partial charge in [0.05, 0.1) is 12.1 Å². The third-order valence-electron chi connectivity index (χ3n) is 3.83. The van der Waals surface area contributed by atoms with Gasteiger partial charge in [-0.2, -0.15) is 11.8 Å². The highest BCUT2D eigenvalue weighted by atomic mass is 32.2. The van der Waals surface area contributed by atoms with Crippen LogP contribution in [0.5, 0.6) is 0 Å². The highest BCUT2D eigenvalue weighted by Gasteiger charge is 2.21. The number of rotatable bonds is 8. The van der Waals surface area contributed by atoms with Gasteiger partial charge in [0.25, 0.3) is 0 Å². The Morgan fingerprint density at radius 2 is 1.52 bits per heavy atom. The van der Waals surface area contributed by atoms with E-state index >= 15 is 0 Å². The van der Waals surface area contributed by atoms with Gasteiger partial charge >= 0.3 is 0 Å². The van der Waals surface area contributed by atoms with E-state index in [4.69, 9.17) is 0 Å². The first kappa shape index (κ1) is 17.6. The lowest BCUT2D eigenvalue weighted by molar-refractivity contribution is -0.123. The molecule has 0 heterocycles. The van der Waals surface area contributed by atoms with E-state index in [9.17, 15) is 4.79 Å². The number of carbonyl (C=O) groups excluding carboxylic acids is 1. The average Bonchev–Trinajstić information content (AvgIpc) is 2.62. The molecule has 0 aliphatic rings. The summed E-state index contributed by atoms with van der Waals surface area (Å²) in [6.45, 7) is 0. The lowest BCUT2D eigenvalue weighted by Gasteiger charge is -2.23. The minimum absolute atomic E-state index is 0.0410. The quantitative estimate of drug-likeness (QED) is 0.782. The van der Waals surface area contributed by atoms with E-state index in [1.807, 2.05) is 67.7 Å². The molecule has 4 heteroatoms. The molecule has 3 nitrogen and oxygen atoms in total. The van der Waals surface area contributed by atoms with Crippen molar-refractivity contribution in [2.24, 2.45) is 0 Å². The van der Waals surface area contributed by atoms with Gasteiger partial charge in [-0.1, -0.05) is 60.7 Å². The highest BCUT2D eigenvalue weighted by molar-refractivity contribution is 7.98. The number of amides is 1. The Bertz CT molecular complexity index is 549. The molecule has 0 saturated heterocycles. The summed E-state index contributed by atoms with van der Waals surface area (Å²) in [5, 5.41) is 6.32. The van der Waals surface area contributed by atoms with Gasteiger partial charge in [-0.05, 0) is 36.6 Å². The summed E-state index contributed by atoms with van der Waals surface area (Å²) in [6.07, 6.45) is 2.88. The SMILES string of the molecule is CNC(CCSC)C(=O)NC(c1ccccc1)c1ccccc1. The van der Waals surface area contributed by atoms with Crippen molar-refractivity contribution in [3.63, 3.8) is 0 Å². The second-order valence-electron chi connectivity index (χ2n) is 5.39. The summed E-state index contributed by atoms with van der Waals surface area (Å²) in [5.41, 5.74) is 2.18. The number of benzene rings is 2. The number of likely N-dealkylation sites (N-methyl/N-ethyl adjacent to an activating group) is 1. The molecular formula is C19H24N2OS. The molecule has 2 aromatic rings. The largest absolute Gasteiger partial charge is 0.344 e. The minimum atomic E-state index is -0.169. The maximum absolute atomic E-state index is 12.7. The Kier molecular flexibility index (Phi) is 7.17. The van der Waals surface area contributed by atoms with Crippen molar-refractivity contribution < 1.29 is 4.79 Å². The van der Waals surface area contributed by atoms with Gasteiger partial charge in [0.15, 0.2) is 0 Å². The minimum Gasteiger partial charge on any atom is -0.344 e. The molecule has 0 fully saturated rings. The first-order valence-corrected chi connectivity index (χ1v) is 9.22. The van der Waals surface area contributed by atoms with Crippen LogP contribution in [0.4, 0.5) is 0 Å². The van der Waals surface area contributed by atoms with Crippen LogP contribution in [0.25, 0.3) is 0 Å². The maximum atomic E-state index is 12.7. The van der Waals surface area contributed by atoms with Crippen LogP contribution in [0.15, 0.2) is 60.7 Å². The first-order chi connectivity index (χ1) is 11.3. The fourth-order valence-electron chi connectivity index (χ4n) is 2.54. The van der Waals surface area contributed by atoms with Gasteiger partial charge in [0, 0.05) is 0 Å². The molecule has 2 N–H and O–H groups in total. The van der Waals surface area contributed by atoms with E-state index in [0.29, 0.717) is 0 Å². The maximum Gasteiger partial charge on any atom is 0.237 e. The Morgan fingerprint density at radius 3 is 1.96 bits per heavy atom. The van der Waals surface area contributed by atoms with Gasteiger partial charge in [-0.15, -0.1) is 0 Å². The van der Waals surface area contributed by atoms with Crippen molar-refractivity contribution in [3.8, 4) is 0 Å². The number of thioether (sulfide) groups is 1. The Balaban J connectivity index is 2.20. The molecule has 1 unspecified atom stereocenters. The summed E-state index contributed by atoms with van der Waals surface area (Å²) >= 11 is 1.75. The van der Waals surface area contributed by atoms with E-state index in [0.717, 1.165) is 23.3 Å². The standard InChI is InChI=1S/C19H24N2OS/c1-20-17(13-14-23-2)19(22)21-18(15-9-5-3-6-10-15)16-11-7-4-8-12-16/h3-12,17-18,20H,13-14H2,1-2H3,(H,21,22). The van der Waals surface area contributed by atoms with Crippen molar-refractivity contribution in [1.29, 1.82) is 0 Å². The Labute approximate surface area is 142 Å². The monoisotopic (exact) mass is 328 g/mol. The zero-order valence-electron chi connectivity index (χ0n) is 13.7. The smallest absolute Gasteiger partial charge is 0.237 e. The second kappa shape index (κ2) is 9.38. The molecule has 0 aromatic heterocycles. The molecule has 0 bridgehead atoms. The van der Waals surface area contributed by atoms with Crippen molar-refractivity contribution in [3.05, 3.63) is 71.8 Å². The second-order valence-corrected chi connectivity index (χ2v) is 6.37. The molecule has 122 valence electrons. The molecule has 2 aromatic carbocycles. The normalized spacial score (nSPS) is 12.1. The van der Waals surface area contributed by atoms with Crippen molar-refractivity contribution in [2.45, 2.75) is 18.5 Å². The number of hydrogen-bond acceptors (Lipinski definition) is 3. The molecule has 2 rings (SSSR count). The van der Waals surface area contributed by atoms with E-state index in [1.54, 1.807) is 11.8 Å². The summed E-state index contributed by atoms with van der Waals surface area (Å²) in [4.78, 5) is 12.7. The molecule has 0 saturated carbocycles. The highest BCUT2D eigenvalue weighted by Crippen LogP contribution is 2.22. The van der Waals surface area contributed by atoms with Gasteiger partial charge in [0.1, 0.15) is 0 Å². The van der Waals surface area contributed by atoms with Crippen LogP contribution < -0.4 is 10.6 Å². The number of carbonyl (C=O) groups is 1. The molecule has 0 radical (unpaired) electrons. The molecule has 0 aliphatic heterocycles. The van der Waals surface area contributed by atoms with Crippen LogP contribution >= 0.6 is 11.8 Å². The third-order valence-corrected chi connectivity index (χ3v) is 4.47. The van der Waals surface area contributed by atoms with E-state index in [1.165, 1.54) is 0 Å². The topological polar surface area (TPSA) is 41.1 Å². The Hall–Kier alpha value is -1.78. The fraction of sp³-hybridized carbons (Fsp3) is 0.316.